The molecule has 6 heteroatoms. The van der Waals surface area contributed by atoms with E-state index in [0.717, 1.165) is 44.1 Å². The Morgan fingerprint density at radius 1 is 1.33 bits per heavy atom. The Morgan fingerprint density at radius 3 is 2.92 bits per heavy atom. The molecule has 6 nitrogen and oxygen atoms in total. The van der Waals surface area contributed by atoms with Gasteiger partial charge >= 0.3 is 0 Å². The fourth-order valence-electron chi connectivity index (χ4n) is 3.06. The molecule has 1 fully saturated rings. The van der Waals surface area contributed by atoms with E-state index in [9.17, 15) is 4.79 Å². The first-order chi connectivity index (χ1) is 11.6. The van der Waals surface area contributed by atoms with Crippen LogP contribution in [0.3, 0.4) is 0 Å². The monoisotopic (exact) mass is 330 g/mol. The van der Waals surface area contributed by atoms with Gasteiger partial charge in [0.1, 0.15) is 5.65 Å². The fraction of sp³-hybridized carbons (Fsp3) is 0.556. The number of rotatable bonds is 6. The van der Waals surface area contributed by atoms with E-state index in [2.05, 4.69) is 29.0 Å². The molecule has 1 aliphatic rings. The molecule has 0 unspecified atom stereocenters. The van der Waals surface area contributed by atoms with Crippen LogP contribution in [0.1, 0.15) is 31.0 Å². The second-order valence-corrected chi connectivity index (χ2v) is 6.52. The molecule has 1 N–H and O–H groups in total. The standard InChI is InChI=1S/C18H26N4O2/c1-14-3-5-17-20-16(13-22(17)12-14)11-19-18(23)6-4-15(2)21-7-9-24-10-8-21/h3,5,12-13,15H,4,6-11H2,1-2H3,(H,19,23)/t15-/m0/s1. The number of fused-ring (bicyclic) bond motifs is 1. The van der Waals surface area contributed by atoms with Gasteiger partial charge < -0.3 is 14.5 Å². The molecule has 1 amide bonds. The number of nitrogens with zero attached hydrogens (tertiary/aromatic N) is 3. The van der Waals surface area contributed by atoms with E-state index in [1.54, 1.807) is 0 Å². The maximum Gasteiger partial charge on any atom is 0.220 e. The Morgan fingerprint density at radius 2 is 2.12 bits per heavy atom. The molecule has 0 aliphatic carbocycles. The Kier molecular flexibility index (Phi) is 5.48. The lowest BCUT2D eigenvalue weighted by molar-refractivity contribution is -0.121. The van der Waals surface area contributed by atoms with Gasteiger partial charge in [0.05, 0.1) is 25.5 Å². The quantitative estimate of drug-likeness (QED) is 0.877. The molecule has 24 heavy (non-hydrogen) atoms. The maximum atomic E-state index is 12.1. The van der Waals surface area contributed by atoms with Crippen LogP contribution in [0.2, 0.25) is 0 Å². The van der Waals surface area contributed by atoms with Crippen molar-refractivity contribution < 1.29 is 9.53 Å². The summed E-state index contributed by atoms with van der Waals surface area (Å²) in [5.74, 6) is 0.0864. The Hall–Kier alpha value is -1.92. The summed E-state index contributed by atoms with van der Waals surface area (Å²) in [5, 5.41) is 2.97. The van der Waals surface area contributed by atoms with Crippen molar-refractivity contribution in [2.24, 2.45) is 0 Å². The van der Waals surface area contributed by atoms with Gasteiger partial charge in [-0.25, -0.2) is 4.98 Å². The number of hydrogen-bond acceptors (Lipinski definition) is 4. The normalized spacial score (nSPS) is 17.1. The molecule has 3 rings (SSSR count). The van der Waals surface area contributed by atoms with E-state index in [1.165, 1.54) is 5.56 Å². The molecule has 0 aromatic carbocycles. The highest BCUT2D eigenvalue weighted by Gasteiger charge is 2.17. The van der Waals surface area contributed by atoms with Gasteiger partial charge in [-0.05, 0) is 31.9 Å². The minimum Gasteiger partial charge on any atom is -0.379 e. The molecule has 1 saturated heterocycles. The zero-order chi connectivity index (χ0) is 16.9. The highest BCUT2D eigenvalue weighted by Crippen LogP contribution is 2.10. The second-order valence-electron chi connectivity index (χ2n) is 6.52. The van der Waals surface area contributed by atoms with Crippen LogP contribution in [-0.4, -0.2) is 52.5 Å². The van der Waals surface area contributed by atoms with Crippen molar-refractivity contribution in [3.63, 3.8) is 0 Å². The lowest BCUT2D eigenvalue weighted by Gasteiger charge is -2.32. The van der Waals surface area contributed by atoms with Crippen molar-refractivity contribution >= 4 is 11.6 Å². The number of hydrogen-bond donors (Lipinski definition) is 1. The van der Waals surface area contributed by atoms with Crippen LogP contribution >= 0.6 is 0 Å². The second kappa shape index (κ2) is 7.77. The average Bonchev–Trinajstić information content (AvgIpc) is 3.00. The van der Waals surface area contributed by atoms with E-state index in [-0.39, 0.29) is 5.91 Å². The van der Waals surface area contributed by atoms with Crippen LogP contribution in [0.4, 0.5) is 0 Å². The number of amides is 1. The van der Waals surface area contributed by atoms with Crippen LogP contribution in [0.15, 0.2) is 24.5 Å². The number of pyridine rings is 1. The Balaban J connectivity index is 1.44. The van der Waals surface area contributed by atoms with Crippen LogP contribution in [0.5, 0.6) is 0 Å². The molecule has 2 aromatic heterocycles. The summed E-state index contributed by atoms with van der Waals surface area (Å²) in [6.07, 6.45) is 5.43. The molecule has 0 radical (unpaired) electrons. The van der Waals surface area contributed by atoms with Crippen molar-refractivity contribution in [1.82, 2.24) is 19.6 Å². The van der Waals surface area contributed by atoms with E-state index in [4.69, 9.17) is 4.74 Å². The summed E-state index contributed by atoms with van der Waals surface area (Å²) in [7, 11) is 0. The third-order valence-electron chi connectivity index (χ3n) is 4.57. The van der Waals surface area contributed by atoms with Gasteiger partial charge in [-0.15, -0.1) is 0 Å². The van der Waals surface area contributed by atoms with Gasteiger partial charge in [0.15, 0.2) is 0 Å². The third kappa shape index (κ3) is 4.33. The zero-order valence-corrected chi connectivity index (χ0v) is 14.5. The Labute approximate surface area is 142 Å². The Bertz CT molecular complexity index is 691. The molecule has 2 aromatic rings. The number of carbonyl (C=O) groups excluding carboxylic acids is 1. The van der Waals surface area contributed by atoms with Gasteiger partial charge in [-0.1, -0.05) is 6.07 Å². The molecule has 130 valence electrons. The molecular formula is C18H26N4O2. The lowest BCUT2D eigenvalue weighted by Crippen LogP contribution is -2.42. The maximum absolute atomic E-state index is 12.1. The van der Waals surface area contributed by atoms with Crippen molar-refractivity contribution in [1.29, 1.82) is 0 Å². The number of ether oxygens (including phenoxy) is 1. The van der Waals surface area contributed by atoms with Crippen LogP contribution in [0.25, 0.3) is 5.65 Å². The van der Waals surface area contributed by atoms with Gasteiger partial charge in [0.25, 0.3) is 0 Å². The number of aromatic nitrogens is 2. The molecule has 0 bridgehead atoms. The largest absolute Gasteiger partial charge is 0.379 e. The predicted octanol–water partition coefficient (Wildman–Crippen LogP) is 1.76. The topological polar surface area (TPSA) is 58.9 Å². The fourth-order valence-corrected chi connectivity index (χ4v) is 3.06. The van der Waals surface area contributed by atoms with E-state index in [1.807, 2.05) is 28.9 Å². The zero-order valence-electron chi connectivity index (χ0n) is 14.5. The first-order valence-corrected chi connectivity index (χ1v) is 8.64. The van der Waals surface area contributed by atoms with Gasteiger partial charge in [0, 0.05) is 37.9 Å². The summed E-state index contributed by atoms with van der Waals surface area (Å²) in [5.41, 5.74) is 2.98. The van der Waals surface area contributed by atoms with E-state index >= 15 is 0 Å². The molecule has 0 spiro atoms. The molecule has 1 aliphatic heterocycles. The molecular weight excluding hydrogens is 304 g/mol. The van der Waals surface area contributed by atoms with Crippen molar-refractivity contribution in [2.45, 2.75) is 39.3 Å². The first-order valence-electron chi connectivity index (χ1n) is 8.64. The summed E-state index contributed by atoms with van der Waals surface area (Å²) in [6.45, 7) is 8.23. The average molecular weight is 330 g/mol. The van der Waals surface area contributed by atoms with Gasteiger partial charge in [-0.3, -0.25) is 9.69 Å². The lowest BCUT2D eigenvalue weighted by atomic mass is 10.1. The minimum atomic E-state index is 0.0864. The summed E-state index contributed by atoms with van der Waals surface area (Å²) < 4.78 is 7.36. The number of imidazole rings is 1. The summed E-state index contributed by atoms with van der Waals surface area (Å²) in [4.78, 5) is 19.0. The molecule has 0 saturated carbocycles. The van der Waals surface area contributed by atoms with Crippen LogP contribution < -0.4 is 5.32 Å². The SMILES string of the molecule is Cc1ccc2nc(CNC(=O)CC[C@H](C)N3CCOCC3)cn2c1. The van der Waals surface area contributed by atoms with E-state index < -0.39 is 0 Å². The van der Waals surface area contributed by atoms with E-state index in [0.29, 0.717) is 19.0 Å². The number of aryl methyl sites for hydroxylation is 1. The first kappa shape index (κ1) is 16.9. The van der Waals surface area contributed by atoms with Gasteiger partial charge in [-0.2, -0.15) is 0 Å². The van der Waals surface area contributed by atoms with Crippen LogP contribution in [-0.2, 0) is 16.1 Å². The third-order valence-corrected chi connectivity index (χ3v) is 4.57. The highest BCUT2D eigenvalue weighted by atomic mass is 16.5. The summed E-state index contributed by atoms with van der Waals surface area (Å²) >= 11 is 0. The minimum absolute atomic E-state index is 0.0864. The van der Waals surface area contributed by atoms with Gasteiger partial charge in [0.2, 0.25) is 5.91 Å². The summed E-state index contributed by atoms with van der Waals surface area (Å²) in [6, 6.07) is 4.44. The van der Waals surface area contributed by atoms with Crippen LogP contribution in [0, 0.1) is 6.92 Å². The predicted molar refractivity (Wildman–Crippen MR) is 92.9 cm³/mol. The molecule has 1 atom stereocenters. The van der Waals surface area contributed by atoms with Crippen molar-refractivity contribution in [3.05, 3.63) is 35.8 Å². The van der Waals surface area contributed by atoms with Crippen molar-refractivity contribution in [3.8, 4) is 0 Å². The number of nitrogens with one attached hydrogen (secondary N) is 1. The highest BCUT2D eigenvalue weighted by molar-refractivity contribution is 5.75. The number of carbonyl (C=O) groups is 1. The number of morpholine rings is 1. The molecule has 3 heterocycles. The smallest absolute Gasteiger partial charge is 0.220 e. The van der Waals surface area contributed by atoms with Crippen molar-refractivity contribution in [2.75, 3.05) is 26.3 Å².